The number of nitrogens with zero attached hydrogens (tertiary/aromatic N) is 1. The number of sulfonamides is 1. The van der Waals surface area contributed by atoms with E-state index in [-0.39, 0.29) is 4.90 Å². The Labute approximate surface area is 126 Å². The molecule has 1 heterocycles. The molecule has 1 aromatic rings. The van der Waals surface area contributed by atoms with Gasteiger partial charge in [-0.25, -0.2) is 13.6 Å². The Morgan fingerprint density at radius 2 is 2.00 bits per heavy atom. The number of benzene rings is 1. The monoisotopic (exact) mass is 312 g/mol. The van der Waals surface area contributed by atoms with Gasteiger partial charge in [-0.1, -0.05) is 6.92 Å². The van der Waals surface area contributed by atoms with Crippen molar-refractivity contribution in [2.75, 3.05) is 37.2 Å². The lowest BCUT2D eigenvalue weighted by Gasteiger charge is -2.31. The van der Waals surface area contributed by atoms with Crippen LogP contribution in [0.5, 0.6) is 0 Å². The minimum absolute atomic E-state index is 0.0833. The molecule has 1 aromatic carbocycles. The van der Waals surface area contributed by atoms with Crippen molar-refractivity contribution in [2.45, 2.75) is 24.7 Å². The summed E-state index contributed by atoms with van der Waals surface area (Å²) in [5, 5.41) is 8.41. The highest BCUT2D eigenvalue weighted by Gasteiger charge is 2.18. The van der Waals surface area contributed by atoms with Crippen LogP contribution in [-0.2, 0) is 10.0 Å². The van der Waals surface area contributed by atoms with Crippen molar-refractivity contribution in [3.63, 3.8) is 0 Å². The molecule has 0 saturated carbocycles. The molecule has 1 aliphatic heterocycles. The zero-order chi connectivity index (χ0) is 15.5. The third kappa shape index (κ3) is 4.33. The first-order valence-electron chi connectivity index (χ1n) is 7.28. The highest BCUT2D eigenvalue weighted by Crippen LogP contribution is 2.24. The maximum Gasteiger partial charge on any atom is 0.238 e. The van der Waals surface area contributed by atoms with Gasteiger partial charge in [-0.15, -0.1) is 0 Å². The molecular weight excluding hydrogens is 288 g/mol. The lowest BCUT2D eigenvalue weighted by atomic mass is 9.97. The molecule has 1 saturated heterocycles. The van der Waals surface area contributed by atoms with Gasteiger partial charge >= 0.3 is 0 Å². The van der Waals surface area contributed by atoms with E-state index in [0.29, 0.717) is 17.3 Å². The van der Waals surface area contributed by atoms with Crippen molar-refractivity contribution in [3.8, 4) is 0 Å². The van der Waals surface area contributed by atoms with E-state index in [0.717, 1.165) is 39.0 Å². The fraction of sp³-hybridized carbons (Fsp3) is 0.571. The molecule has 0 aliphatic carbocycles. The number of nitrogens with two attached hydrogens (primary N) is 2. The van der Waals surface area contributed by atoms with Crippen LogP contribution in [0.2, 0.25) is 0 Å². The molecule has 21 heavy (non-hydrogen) atoms. The molecule has 7 heteroatoms. The number of hydrogen-bond acceptors (Lipinski definition) is 5. The molecule has 2 rings (SSSR count). The second-order valence-corrected chi connectivity index (χ2v) is 7.11. The Morgan fingerprint density at radius 1 is 1.33 bits per heavy atom. The number of anilines is 2. The maximum atomic E-state index is 11.4. The van der Waals surface area contributed by atoms with Gasteiger partial charge in [-0.05, 0) is 56.6 Å². The molecule has 0 spiro atoms. The molecule has 0 unspecified atom stereocenters. The van der Waals surface area contributed by atoms with Crippen molar-refractivity contribution in [1.29, 1.82) is 0 Å². The molecule has 118 valence electrons. The van der Waals surface area contributed by atoms with E-state index in [1.165, 1.54) is 12.1 Å². The van der Waals surface area contributed by atoms with Crippen LogP contribution in [0.1, 0.15) is 19.8 Å². The van der Waals surface area contributed by atoms with Crippen LogP contribution in [0.25, 0.3) is 0 Å². The minimum atomic E-state index is -3.70. The summed E-state index contributed by atoms with van der Waals surface area (Å²) in [6.07, 6.45) is 2.30. The van der Waals surface area contributed by atoms with Crippen molar-refractivity contribution in [1.82, 2.24) is 4.90 Å². The summed E-state index contributed by atoms with van der Waals surface area (Å²) < 4.78 is 22.8. The van der Waals surface area contributed by atoms with Crippen molar-refractivity contribution >= 4 is 21.4 Å². The lowest BCUT2D eigenvalue weighted by Crippen LogP contribution is -2.35. The molecule has 0 amide bonds. The molecular formula is C14H24N4O2S. The number of hydrogen-bond donors (Lipinski definition) is 3. The summed E-state index contributed by atoms with van der Waals surface area (Å²) in [5.41, 5.74) is 7.06. The van der Waals surface area contributed by atoms with Gasteiger partial charge in [0.05, 0.1) is 16.3 Å². The van der Waals surface area contributed by atoms with E-state index in [1.807, 2.05) is 0 Å². The van der Waals surface area contributed by atoms with E-state index >= 15 is 0 Å². The smallest absolute Gasteiger partial charge is 0.238 e. The van der Waals surface area contributed by atoms with Crippen molar-refractivity contribution in [2.24, 2.45) is 11.1 Å². The summed E-state index contributed by atoms with van der Waals surface area (Å²) in [6.45, 7) is 6.32. The average molecular weight is 312 g/mol. The molecule has 1 fully saturated rings. The second-order valence-electron chi connectivity index (χ2n) is 5.55. The SMILES string of the molecule is CCN1CCC(CNc2cc(S(N)(=O)=O)ccc2N)CC1. The molecule has 6 nitrogen and oxygen atoms in total. The predicted octanol–water partition coefficient (Wildman–Crippen LogP) is 1.06. The van der Waals surface area contributed by atoms with E-state index in [4.69, 9.17) is 10.9 Å². The van der Waals surface area contributed by atoms with E-state index < -0.39 is 10.0 Å². The van der Waals surface area contributed by atoms with Crippen LogP contribution in [-0.4, -0.2) is 39.5 Å². The standard InChI is InChI=1S/C14H24N4O2S/c1-2-18-7-5-11(6-8-18)10-17-14-9-12(21(16,19)20)3-4-13(14)15/h3-4,9,11,17H,2,5-8,10,15H2,1H3,(H2,16,19,20). The third-order valence-corrected chi connectivity index (χ3v) is 5.00. The second kappa shape index (κ2) is 6.64. The van der Waals surface area contributed by atoms with Crippen LogP contribution < -0.4 is 16.2 Å². The molecule has 1 aliphatic rings. The summed E-state index contributed by atoms with van der Waals surface area (Å²) in [6, 6.07) is 4.50. The first kappa shape index (κ1) is 16.1. The number of nitrogens with one attached hydrogen (secondary N) is 1. The highest BCUT2D eigenvalue weighted by molar-refractivity contribution is 7.89. The van der Waals surface area contributed by atoms with E-state index in [2.05, 4.69) is 17.1 Å². The van der Waals surface area contributed by atoms with E-state index in [1.54, 1.807) is 6.07 Å². The largest absolute Gasteiger partial charge is 0.397 e. The molecule has 5 N–H and O–H groups in total. The van der Waals surface area contributed by atoms with Crippen molar-refractivity contribution < 1.29 is 8.42 Å². The van der Waals surface area contributed by atoms with Gasteiger partial charge in [0.25, 0.3) is 0 Å². The molecule has 0 atom stereocenters. The van der Waals surface area contributed by atoms with Crippen LogP contribution in [0.3, 0.4) is 0 Å². The third-order valence-electron chi connectivity index (χ3n) is 4.09. The Morgan fingerprint density at radius 3 is 2.57 bits per heavy atom. The average Bonchev–Trinajstić information content (AvgIpc) is 2.45. The van der Waals surface area contributed by atoms with Crippen molar-refractivity contribution in [3.05, 3.63) is 18.2 Å². The first-order valence-corrected chi connectivity index (χ1v) is 8.83. The summed E-state index contributed by atoms with van der Waals surface area (Å²) in [7, 11) is -3.70. The predicted molar refractivity (Wildman–Crippen MR) is 85.6 cm³/mol. The Bertz CT molecular complexity index is 581. The molecule has 0 bridgehead atoms. The van der Waals surface area contributed by atoms with Crippen LogP contribution >= 0.6 is 0 Å². The van der Waals surface area contributed by atoms with Crippen LogP contribution in [0.15, 0.2) is 23.1 Å². The summed E-state index contributed by atoms with van der Waals surface area (Å²) >= 11 is 0. The first-order chi connectivity index (χ1) is 9.90. The van der Waals surface area contributed by atoms with Crippen LogP contribution in [0, 0.1) is 5.92 Å². The Kier molecular flexibility index (Phi) is 5.08. The van der Waals surface area contributed by atoms with Gasteiger partial charge in [-0.3, -0.25) is 0 Å². The van der Waals surface area contributed by atoms with Gasteiger partial charge in [0.15, 0.2) is 0 Å². The van der Waals surface area contributed by atoms with Crippen LogP contribution in [0.4, 0.5) is 11.4 Å². The normalized spacial score (nSPS) is 17.8. The number of piperidine rings is 1. The Hall–Kier alpha value is -1.31. The fourth-order valence-corrected chi connectivity index (χ4v) is 3.17. The fourth-order valence-electron chi connectivity index (χ4n) is 2.63. The zero-order valence-corrected chi connectivity index (χ0v) is 13.2. The summed E-state index contributed by atoms with van der Waals surface area (Å²) in [5.74, 6) is 0.588. The van der Waals surface area contributed by atoms with Gasteiger partial charge in [-0.2, -0.15) is 0 Å². The van der Waals surface area contributed by atoms with E-state index in [9.17, 15) is 8.42 Å². The number of likely N-dealkylation sites (tertiary alicyclic amines) is 1. The maximum absolute atomic E-state index is 11.4. The minimum Gasteiger partial charge on any atom is -0.397 e. The number of nitrogen functional groups attached to an aromatic ring is 1. The topological polar surface area (TPSA) is 101 Å². The highest BCUT2D eigenvalue weighted by atomic mass is 32.2. The van der Waals surface area contributed by atoms with Gasteiger partial charge in [0, 0.05) is 6.54 Å². The Balaban J connectivity index is 1.97. The van der Waals surface area contributed by atoms with Gasteiger partial charge in [0.2, 0.25) is 10.0 Å². The number of primary sulfonamides is 1. The zero-order valence-electron chi connectivity index (χ0n) is 12.4. The summed E-state index contributed by atoms with van der Waals surface area (Å²) in [4.78, 5) is 2.52. The van der Waals surface area contributed by atoms with Gasteiger partial charge in [0.1, 0.15) is 0 Å². The molecule has 0 aromatic heterocycles. The van der Waals surface area contributed by atoms with Gasteiger partial charge < -0.3 is 16.0 Å². The lowest BCUT2D eigenvalue weighted by molar-refractivity contribution is 0.198. The quantitative estimate of drug-likeness (QED) is 0.706. The number of rotatable bonds is 5. The molecule has 0 radical (unpaired) electrons.